The molecule has 1 aromatic rings. The zero-order valence-corrected chi connectivity index (χ0v) is 13.9. The second kappa shape index (κ2) is 4.98. The Morgan fingerprint density at radius 2 is 1.75 bits per heavy atom. The Balaban J connectivity index is 2.47. The van der Waals surface area contributed by atoms with E-state index in [2.05, 4.69) is 15.9 Å². The van der Waals surface area contributed by atoms with Gasteiger partial charge in [0, 0.05) is 22.1 Å². The molecule has 20 heavy (non-hydrogen) atoms. The van der Waals surface area contributed by atoms with Crippen LogP contribution in [-0.2, 0) is 9.31 Å². The van der Waals surface area contributed by atoms with Crippen molar-refractivity contribution >= 4 is 45.8 Å². The Morgan fingerprint density at radius 1 is 1.25 bits per heavy atom. The monoisotopic (exact) mass is 361 g/mol. The van der Waals surface area contributed by atoms with E-state index < -0.39 is 23.2 Å². The van der Waals surface area contributed by atoms with Gasteiger partial charge in [0.2, 0.25) is 0 Å². The fourth-order valence-electron chi connectivity index (χ4n) is 1.84. The summed E-state index contributed by atoms with van der Waals surface area (Å²) < 4.78 is 12.2. The minimum absolute atomic E-state index is 0.0639. The predicted molar refractivity (Wildman–Crippen MR) is 81.5 cm³/mol. The molecule has 0 unspecified atom stereocenters. The summed E-state index contributed by atoms with van der Waals surface area (Å²) in [6.07, 6.45) is 0. The van der Waals surface area contributed by atoms with Crippen LogP contribution in [0.15, 0.2) is 16.6 Å². The molecular weight excluding hydrogens is 348 g/mol. The minimum Gasteiger partial charge on any atom is -0.399 e. The molecule has 0 aromatic heterocycles. The third-order valence-electron chi connectivity index (χ3n) is 3.76. The number of nitro groups is 1. The lowest BCUT2D eigenvalue weighted by Gasteiger charge is -2.32. The first-order valence-corrected chi connectivity index (χ1v) is 7.21. The maximum Gasteiger partial charge on any atom is 0.496 e. The van der Waals surface area contributed by atoms with Crippen molar-refractivity contribution in [3.05, 3.63) is 31.7 Å². The van der Waals surface area contributed by atoms with E-state index in [1.54, 1.807) is 0 Å². The molecule has 0 bridgehead atoms. The van der Waals surface area contributed by atoms with E-state index in [4.69, 9.17) is 20.9 Å². The van der Waals surface area contributed by atoms with Gasteiger partial charge >= 0.3 is 7.12 Å². The van der Waals surface area contributed by atoms with Crippen molar-refractivity contribution in [2.75, 3.05) is 0 Å². The van der Waals surface area contributed by atoms with Gasteiger partial charge in [0.1, 0.15) is 0 Å². The molecule has 0 saturated carbocycles. The summed E-state index contributed by atoms with van der Waals surface area (Å²) in [7, 11) is -0.733. The van der Waals surface area contributed by atoms with Crippen molar-refractivity contribution in [3.8, 4) is 0 Å². The quantitative estimate of drug-likeness (QED) is 0.460. The number of rotatable bonds is 2. The van der Waals surface area contributed by atoms with Gasteiger partial charge in [-0.15, -0.1) is 0 Å². The molecule has 1 saturated heterocycles. The average molecular weight is 362 g/mol. The minimum atomic E-state index is -0.733. The molecule has 0 spiro atoms. The molecule has 0 aliphatic carbocycles. The topological polar surface area (TPSA) is 61.6 Å². The molecule has 0 atom stereocenters. The van der Waals surface area contributed by atoms with Gasteiger partial charge in [0.15, 0.2) is 0 Å². The maximum absolute atomic E-state index is 10.9. The van der Waals surface area contributed by atoms with Crippen LogP contribution in [-0.4, -0.2) is 23.2 Å². The highest BCUT2D eigenvalue weighted by Crippen LogP contribution is 2.38. The summed E-state index contributed by atoms with van der Waals surface area (Å²) in [6.45, 7) is 7.64. The van der Waals surface area contributed by atoms with E-state index in [0.29, 0.717) is 15.0 Å². The summed E-state index contributed by atoms with van der Waals surface area (Å²) >= 11 is 9.43. The Kier molecular flexibility index (Phi) is 3.92. The van der Waals surface area contributed by atoms with Crippen LogP contribution in [0.2, 0.25) is 5.02 Å². The summed E-state index contributed by atoms with van der Waals surface area (Å²) in [5, 5.41) is 11.3. The SMILES string of the molecule is CC1(C)OB(c2cc([N+](=O)[O-])cc(Br)c2Cl)OC1(C)C. The van der Waals surface area contributed by atoms with Crippen molar-refractivity contribution in [2.45, 2.75) is 38.9 Å². The van der Waals surface area contributed by atoms with Crippen LogP contribution in [0.25, 0.3) is 0 Å². The van der Waals surface area contributed by atoms with Gasteiger partial charge < -0.3 is 9.31 Å². The van der Waals surface area contributed by atoms with E-state index >= 15 is 0 Å². The largest absolute Gasteiger partial charge is 0.496 e. The number of hydrogen-bond donors (Lipinski definition) is 0. The molecule has 8 heteroatoms. The first kappa shape index (κ1) is 15.8. The highest BCUT2D eigenvalue weighted by molar-refractivity contribution is 9.10. The van der Waals surface area contributed by atoms with Crippen molar-refractivity contribution < 1.29 is 14.2 Å². The summed E-state index contributed by atoms with van der Waals surface area (Å²) in [5.41, 5.74) is -0.673. The molecule has 1 aliphatic heterocycles. The second-order valence-corrected chi connectivity index (χ2v) is 6.91. The van der Waals surface area contributed by atoms with E-state index in [1.165, 1.54) is 12.1 Å². The Hall–Kier alpha value is -0.625. The molecule has 0 N–H and O–H groups in total. The normalized spacial score (nSPS) is 20.2. The molecule has 1 fully saturated rings. The van der Waals surface area contributed by atoms with Gasteiger partial charge in [-0.1, -0.05) is 11.6 Å². The highest BCUT2D eigenvalue weighted by atomic mass is 79.9. The van der Waals surface area contributed by atoms with Gasteiger partial charge in [0.05, 0.1) is 21.1 Å². The Bertz CT molecular complexity index is 563. The fraction of sp³-hybridized carbons (Fsp3) is 0.500. The van der Waals surface area contributed by atoms with Crippen LogP contribution in [0.5, 0.6) is 0 Å². The number of nitrogens with zero attached hydrogens (tertiary/aromatic N) is 1. The van der Waals surface area contributed by atoms with Gasteiger partial charge in [-0.3, -0.25) is 10.1 Å². The van der Waals surface area contributed by atoms with Crippen molar-refractivity contribution in [2.24, 2.45) is 0 Å². The third kappa shape index (κ3) is 2.59. The molecular formula is C12H14BBrClNO4. The molecule has 0 radical (unpaired) electrons. The molecule has 1 heterocycles. The Morgan fingerprint density at radius 3 is 2.20 bits per heavy atom. The number of nitro benzene ring substituents is 1. The molecule has 1 aromatic carbocycles. The zero-order chi connectivity index (χ0) is 15.3. The van der Waals surface area contributed by atoms with Crippen molar-refractivity contribution in [1.82, 2.24) is 0 Å². The molecule has 5 nitrogen and oxygen atoms in total. The fourth-order valence-corrected chi connectivity index (χ4v) is 2.50. The van der Waals surface area contributed by atoms with Crippen molar-refractivity contribution in [1.29, 1.82) is 0 Å². The summed E-state index contributed by atoms with van der Waals surface area (Å²) in [4.78, 5) is 10.5. The van der Waals surface area contributed by atoms with Crippen LogP contribution in [0.4, 0.5) is 5.69 Å². The van der Waals surface area contributed by atoms with E-state index in [0.717, 1.165) is 0 Å². The van der Waals surface area contributed by atoms with E-state index in [9.17, 15) is 10.1 Å². The van der Waals surface area contributed by atoms with Gasteiger partial charge in [-0.25, -0.2) is 0 Å². The van der Waals surface area contributed by atoms with Gasteiger partial charge in [-0.05, 0) is 43.6 Å². The lowest BCUT2D eigenvalue weighted by atomic mass is 9.79. The second-order valence-electron chi connectivity index (χ2n) is 5.68. The smallest absolute Gasteiger partial charge is 0.399 e. The first-order chi connectivity index (χ1) is 9.05. The Labute approximate surface area is 131 Å². The van der Waals surface area contributed by atoms with Crippen LogP contribution in [0.3, 0.4) is 0 Å². The van der Waals surface area contributed by atoms with Gasteiger partial charge in [-0.2, -0.15) is 0 Å². The zero-order valence-electron chi connectivity index (χ0n) is 11.6. The van der Waals surface area contributed by atoms with Crippen LogP contribution in [0, 0.1) is 10.1 Å². The van der Waals surface area contributed by atoms with Crippen LogP contribution < -0.4 is 5.46 Å². The maximum atomic E-state index is 10.9. The standard InChI is InChI=1S/C12H14BBrClNO4/c1-11(2)12(3,4)20-13(19-11)8-5-7(16(17)18)6-9(14)10(8)15/h5-6H,1-4H3. The predicted octanol–water partition coefficient (Wildman–Crippen LogP) is 3.31. The molecule has 108 valence electrons. The van der Waals surface area contributed by atoms with Crippen LogP contribution >= 0.6 is 27.5 Å². The third-order valence-corrected chi connectivity index (χ3v) is 5.03. The number of non-ortho nitro benzene ring substituents is 1. The van der Waals surface area contributed by atoms with Crippen molar-refractivity contribution in [3.63, 3.8) is 0 Å². The van der Waals surface area contributed by atoms with Crippen LogP contribution in [0.1, 0.15) is 27.7 Å². The van der Waals surface area contributed by atoms with Gasteiger partial charge in [0.25, 0.3) is 5.69 Å². The van der Waals surface area contributed by atoms with E-state index in [1.807, 2.05) is 27.7 Å². The van der Waals surface area contributed by atoms with E-state index in [-0.39, 0.29) is 5.69 Å². The molecule has 2 rings (SSSR count). The lowest BCUT2D eigenvalue weighted by Crippen LogP contribution is -2.41. The summed E-state index contributed by atoms with van der Waals surface area (Å²) in [5.74, 6) is 0. The first-order valence-electron chi connectivity index (χ1n) is 6.04. The molecule has 1 aliphatic rings. The number of benzene rings is 1. The average Bonchev–Trinajstić information content (AvgIpc) is 2.51. The number of hydrogen-bond acceptors (Lipinski definition) is 4. The lowest BCUT2D eigenvalue weighted by molar-refractivity contribution is -0.384. The number of halogens is 2. The molecule has 0 amide bonds. The summed E-state index contributed by atoms with van der Waals surface area (Å²) in [6, 6.07) is 2.74. The highest BCUT2D eigenvalue weighted by Gasteiger charge is 2.52.